The number of benzene rings is 1. The second-order valence-corrected chi connectivity index (χ2v) is 8.76. The van der Waals surface area contributed by atoms with Gasteiger partial charge in [-0.2, -0.15) is 0 Å². The molecule has 0 saturated heterocycles. The molecule has 1 aromatic carbocycles. The number of ether oxygens (including phenoxy) is 6. The van der Waals surface area contributed by atoms with E-state index in [1.54, 1.807) is 38.3 Å². The normalized spacial score (nSPS) is 13.2. The quantitative estimate of drug-likeness (QED) is 0.204. The Morgan fingerprint density at radius 3 is 2.14 bits per heavy atom. The minimum atomic E-state index is -0.767. The standard InChI is InChI=1S/C27H35NO9/c1-16(2)25(18(4)36-21-10-8-20(32-6)9-11-21)37-27(31)17(3)14-22(30)24-26(35-15-34-19(5)29)23(33-7)12-13-28-24/h8-13,16-18,25H,14-15H2,1-7H3/t17-,18+,25+/m1/s1. The Kier molecular flexibility index (Phi) is 11.2. The fourth-order valence-electron chi connectivity index (χ4n) is 3.52. The van der Waals surface area contributed by atoms with Crippen LogP contribution in [-0.4, -0.2) is 55.9 Å². The van der Waals surface area contributed by atoms with Gasteiger partial charge in [0.2, 0.25) is 6.79 Å². The molecule has 0 N–H and O–H groups in total. The van der Waals surface area contributed by atoms with Crippen molar-refractivity contribution >= 4 is 17.7 Å². The molecule has 2 rings (SSSR count). The Balaban J connectivity index is 2.07. The largest absolute Gasteiger partial charge is 0.497 e. The number of nitrogens with zero attached hydrogens (tertiary/aromatic N) is 1. The van der Waals surface area contributed by atoms with Gasteiger partial charge >= 0.3 is 11.9 Å². The number of Topliss-reactive ketones (excluding diaryl/α,β-unsaturated/α-hetero) is 1. The summed E-state index contributed by atoms with van der Waals surface area (Å²) in [4.78, 5) is 41.1. The molecule has 0 unspecified atom stereocenters. The van der Waals surface area contributed by atoms with Gasteiger partial charge in [0.1, 0.15) is 23.7 Å². The van der Waals surface area contributed by atoms with Crippen LogP contribution in [0.1, 0.15) is 51.5 Å². The molecule has 0 saturated carbocycles. The molecular formula is C27H35NO9. The van der Waals surface area contributed by atoms with Crippen LogP contribution in [0.3, 0.4) is 0 Å². The molecular weight excluding hydrogens is 482 g/mol. The number of carbonyl (C=O) groups excluding carboxylic acids is 3. The molecule has 1 heterocycles. The van der Waals surface area contributed by atoms with Gasteiger partial charge in [-0.25, -0.2) is 4.98 Å². The smallest absolute Gasteiger partial charge is 0.309 e. The summed E-state index contributed by atoms with van der Waals surface area (Å²) in [6.45, 7) is 8.09. The molecule has 0 aliphatic carbocycles. The van der Waals surface area contributed by atoms with Crippen LogP contribution in [-0.2, 0) is 19.1 Å². The maximum Gasteiger partial charge on any atom is 0.309 e. The SMILES string of the molecule is COc1ccc(O[C@@H](C)[C@@H](OC(=O)[C@H](C)CC(=O)c2nccc(OC)c2OCOC(C)=O)C(C)C)cc1. The lowest BCUT2D eigenvalue weighted by Crippen LogP contribution is -2.39. The molecule has 2 aromatic rings. The van der Waals surface area contributed by atoms with E-state index >= 15 is 0 Å². The van der Waals surface area contributed by atoms with Crippen LogP contribution in [0.2, 0.25) is 0 Å². The molecule has 0 amide bonds. The number of hydrogen-bond acceptors (Lipinski definition) is 10. The lowest BCUT2D eigenvalue weighted by atomic mass is 10.00. The molecule has 10 nitrogen and oxygen atoms in total. The third kappa shape index (κ3) is 8.66. The summed E-state index contributed by atoms with van der Waals surface area (Å²) in [5.74, 6) is -0.759. The average molecular weight is 518 g/mol. The summed E-state index contributed by atoms with van der Waals surface area (Å²) < 4.78 is 32.4. The van der Waals surface area contributed by atoms with Gasteiger partial charge in [0, 0.05) is 25.6 Å². The van der Waals surface area contributed by atoms with Crippen molar-refractivity contribution in [2.75, 3.05) is 21.0 Å². The van der Waals surface area contributed by atoms with Crippen molar-refractivity contribution in [2.24, 2.45) is 11.8 Å². The Morgan fingerprint density at radius 1 is 0.919 bits per heavy atom. The molecule has 202 valence electrons. The van der Waals surface area contributed by atoms with Gasteiger partial charge in [-0.1, -0.05) is 20.8 Å². The first-order chi connectivity index (χ1) is 17.6. The Bertz CT molecular complexity index is 1050. The van der Waals surface area contributed by atoms with Crippen LogP contribution in [0.5, 0.6) is 23.0 Å². The summed E-state index contributed by atoms with van der Waals surface area (Å²) in [6, 6.07) is 8.62. The molecule has 0 aliphatic rings. The lowest BCUT2D eigenvalue weighted by molar-refractivity contribution is -0.161. The van der Waals surface area contributed by atoms with Gasteiger partial charge in [0.05, 0.1) is 20.1 Å². The molecule has 1 aromatic heterocycles. The van der Waals surface area contributed by atoms with E-state index in [0.717, 1.165) is 0 Å². The van der Waals surface area contributed by atoms with Crippen LogP contribution in [0.25, 0.3) is 0 Å². The van der Waals surface area contributed by atoms with Crippen molar-refractivity contribution in [2.45, 2.75) is 53.2 Å². The van der Waals surface area contributed by atoms with Crippen molar-refractivity contribution < 1.29 is 42.8 Å². The highest BCUT2D eigenvalue weighted by Crippen LogP contribution is 2.31. The third-order valence-electron chi connectivity index (χ3n) is 5.47. The number of ketones is 1. The minimum Gasteiger partial charge on any atom is -0.497 e. The van der Waals surface area contributed by atoms with Crippen molar-refractivity contribution in [3.63, 3.8) is 0 Å². The molecule has 0 aliphatic heterocycles. The van der Waals surface area contributed by atoms with E-state index in [2.05, 4.69) is 4.98 Å². The summed E-state index contributed by atoms with van der Waals surface area (Å²) in [5.41, 5.74) is -0.0391. The van der Waals surface area contributed by atoms with Crippen molar-refractivity contribution in [3.8, 4) is 23.0 Å². The zero-order valence-corrected chi connectivity index (χ0v) is 22.3. The first kappa shape index (κ1) is 29.4. The van der Waals surface area contributed by atoms with E-state index < -0.39 is 42.6 Å². The van der Waals surface area contributed by atoms with Gasteiger partial charge in [0.25, 0.3) is 0 Å². The Labute approximate surface area is 217 Å². The van der Waals surface area contributed by atoms with E-state index in [4.69, 9.17) is 28.4 Å². The predicted octanol–water partition coefficient (Wildman–Crippen LogP) is 4.24. The van der Waals surface area contributed by atoms with Crippen LogP contribution in [0.15, 0.2) is 36.5 Å². The minimum absolute atomic E-state index is 0.0263. The monoisotopic (exact) mass is 517 g/mol. The van der Waals surface area contributed by atoms with Crippen molar-refractivity contribution in [1.82, 2.24) is 4.98 Å². The second kappa shape index (κ2) is 14.1. The number of aromatic nitrogens is 1. The van der Waals surface area contributed by atoms with Gasteiger partial charge in [-0.05, 0) is 37.1 Å². The number of hydrogen-bond donors (Lipinski definition) is 0. The second-order valence-electron chi connectivity index (χ2n) is 8.76. The van der Waals surface area contributed by atoms with Gasteiger partial charge in [0.15, 0.2) is 23.0 Å². The Morgan fingerprint density at radius 2 is 1.57 bits per heavy atom. The molecule has 37 heavy (non-hydrogen) atoms. The van der Waals surface area contributed by atoms with Gasteiger partial charge in [-0.3, -0.25) is 14.4 Å². The van der Waals surface area contributed by atoms with Crippen LogP contribution >= 0.6 is 0 Å². The van der Waals surface area contributed by atoms with Crippen molar-refractivity contribution in [1.29, 1.82) is 0 Å². The van der Waals surface area contributed by atoms with E-state index in [1.807, 2.05) is 20.8 Å². The lowest BCUT2D eigenvalue weighted by Gasteiger charge is -2.29. The first-order valence-electron chi connectivity index (χ1n) is 11.9. The van der Waals surface area contributed by atoms with Crippen molar-refractivity contribution in [3.05, 3.63) is 42.2 Å². The zero-order valence-electron chi connectivity index (χ0n) is 22.3. The first-order valence-corrected chi connectivity index (χ1v) is 11.9. The topological polar surface area (TPSA) is 119 Å². The maximum atomic E-state index is 13.0. The molecule has 3 atom stereocenters. The summed E-state index contributed by atoms with van der Waals surface area (Å²) >= 11 is 0. The number of methoxy groups -OCH3 is 2. The van der Waals surface area contributed by atoms with Gasteiger partial charge < -0.3 is 28.4 Å². The van der Waals surface area contributed by atoms with E-state index in [-0.39, 0.29) is 29.5 Å². The van der Waals surface area contributed by atoms with Crippen LogP contribution in [0.4, 0.5) is 0 Å². The van der Waals surface area contributed by atoms with E-state index in [9.17, 15) is 14.4 Å². The zero-order chi connectivity index (χ0) is 27.5. The molecule has 10 heteroatoms. The molecule has 0 spiro atoms. The van der Waals surface area contributed by atoms with E-state index in [1.165, 1.54) is 26.3 Å². The number of rotatable bonds is 14. The highest BCUT2D eigenvalue weighted by molar-refractivity contribution is 5.99. The number of esters is 2. The fraction of sp³-hybridized carbons (Fsp3) is 0.481. The summed E-state index contributed by atoms with van der Waals surface area (Å²) in [7, 11) is 2.99. The average Bonchev–Trinajstić information content (AvgIpc) is 2.86. The maximum absolute atomic E-state index is 13.0. The third-order valence-corrected chi connectivity index (χ3v) is 5.47. The molecule has 0 radical (unpaired) electrons. The van der Waals surface area contributed by atoms with E-state index in [0.29, 0.717) is 11.5 Å². The fourth-order valence-corrected chi connectivity index (χ4v) is 3.52. The van der Waals surface area contributed by atoms with Crippen LogP contribution < -0.4 is 18.9 Å². The molecule has 0 bridgehead atoms. The highest BCUT2D eigenvalue weighted by Gasteiger charge is 2.31. The molecule has 0 fully saturated rings. The predicted molar refractivity (Wildman–Crippen MR) is 134 cm³/mol. The Hall–Kier alpha value is -3.82. The number of pyridine rings is 1. The van der Waals surface area contributed by atoms with Gasteiger partial charge in [-0.15, -0.1) is 0 Å². The summed E-state index contributed by atoms with van der Waals surface area (Å²) in [5, 5.41) is 0. The van der Waals surface area contributed by atoms with Crippen LogP contribution in [0, 0.1) is 11.8 Å². The number of carbonyl (C=O) groups is 3. The summed E-state index contributed by atoms with van der Waals surface area (Å²) in [6.07, 6.45) is 0.216. The highest BCUT2D eigenvalue weighted by atomic mass is 16.7.